The van der Waals surface area contributed by atoms with Crippen LogP contribution in [0.25, 0.3) is 0 Å². The summed E-state index contributed by atoms with van der Waals surface area (Å²) in [7, 11) is 0. The molecule has 0 aromatic heterocycles. The summed E-state index contributed by atoms with van der Waals surface area (Å²) in [6.45, 7) is 9.21. The van der Waals surface area contributed by atoms with Gasteiger partial charge in [0.2, 0.25) is 0 Å². The number of hydrogen-bond acceptors (Lipinski definition) is 7. The maximum atomic E-state index is 12.4. The molecule has 0 aliphatic heterocycles. The van der Waals surface area contributed by atoms with Crippen LogP contribution in [0.5, 0.6) is 0 Å². The Kier molecular flexibility index (Phi) is 43.7. The lowest BCUT2D eigenvalue weighted by Gasteiger charge is -2.22. The number of carbonyl (C=O) groups excluding carboxylic acids is 3. The van der Waals surface area contributed by atoms with E-state index in [1.165, 1.54) is 173 Å². The summed E-state index contributed by atoms with van der Waals surface area (Å²) in [4.78, 5) is 39.3. The van der Waals surface area contributed by atoms with Gasteiger partial charge in [-0.15, -0.1) is 0 Å². The number of hydrogen-bond donors (Lipinski definition) is 0. The van der Waals surface area contributed by atoms with E-state index in [-0.39, 0.29) is 37.7 Å². The molecule has 0 spiro atoms. The Balaban J connectivity index is 4.28. The van der Waals surface area contributed by atoms with Crippen molar-refractivity contribution in [3.05, 3.63) is 0 Å². The van der Waals surface area contributed by atoms with Crippen LogP contribution in [0.4, 0.5) is 0 Å². The number of rotatable bonds is 45. The average molecular weight is 780 g/mol. The van der Waals surface area contributed by atoms with Crippen LogP contribution in [0.2, 0.25) is 0 Å². The van der Waals surface area contributed by atoms with Gasteiger partial charge in [0.05, 0.1) is 0 Å². The highest BCUT2D eigenvalue weighted by Gasteiger charge is 2.12. The van der Waals surface area contributed by atoms with E-state index in [4.69, 9.17) is 14.2 Å². The third kappa shape index (κ3) is 43.3. The van der Waals surface area contributed by atoms with Crippen molar-refractivity contribution in [2.45, 2.75) is 252 Å². The molecule has 0 saturated carbocycles. The Bertz CT molecular complexity index is 716. The van der Waals surface area contributed by atoms with E-state index in [2.05, 4.69) is 25.7 Å². The summed E-state index contributed by atoms with van der Waals surface area (Å²) in [6, 6.07) is 0. The molecule has 0 bridgehead atoms. The van der Waals surface area contributed by atoms with Gasteiger partial charge in [0.1, 0.15) is 19.8 Å². The fourth-order valence-corrected chi connectivity index (χ4v) is 7.22. The first-order chi connectivity index (χ1) is 27.0. The van der Waals surface area contributed by atoms with Crippen molar-refractivity contribution in [3.63, 3.8) is 0 Å². The summed E-state index contributed by atoms with van der Waals surface area (Å²) in [6.07, 6.45) is 42.7. The van der Waals surface area contributed by atoms with Crippen LogP contribution in [0.15, 0.2) is 0 Å². The summed E-state index contributed by atoms with van der Waals surface area (Å²) in [5.41, 5.74) is 0. The summed E-state index contributed by atoms with van der Waals surface area (Å²) >= 11 is 0. The lowest BCUT2D eigenvalue weighted by molar-refractivity contribution is -0.144. The monoisotopic (exact) mass is 780 g/mol. The van der Waals surface area contributed by atoms with Crippen molar-refractivity contribution >= 4 is 17.9 Å². The molecule has 0 aliphatic carbocycles. The van der Waals surface area contributed by atoms with Crippen LogP contribution < -0.4 is 0 Å². The van der Waals surface area contributed by atoms with E-state index < -0.39 is 0 Å². The second kappa shape index (κ2) is 45.1. The van der Waals surface area contributed by atoms with E-state index in [0.29, 0.717) is 38.9 Å². The van der Waals surface area contributed by atoms with Gasteiger partial charge in [-0.25, -0.2) is 0 Å². The van der Waals surface area contributed by atoms with Gasteiger partial charge in [0, 0.05) is 38.9 Å². The lowest BCUT2D eigenvalue weighted by Crippen LogP contribution is -2.35. The number of nitrogens with zero attached hydrogens (tertiary/aromatic N) is 1. The van der Waals surface area contributed by atoms with Crippen molar-refractivity contribution in [2.24, 2.45) is 0 Å². The minimum atomic E-state index is -0.146. The zero-order valence-electron chi connectivity index (χ0n) is 37.1. The molecular weight excluding hydrogens is 687 g/mol. The minimum absolute atomic E-state index is 0.146. The molecule has 0 atom stereocenters. The Hall–Kier alpha value is -1.63. The first-order valence-corrected chi connectivity index (χ1v) is 24.2. The molecule has 0 N–H and O–H groups in total. The van der Waals surface area contributed by atoms with E-state index in [0.717, 1.165) is 38.5 Å². The largest absolute Gasteiger partial charge is 0.464 e. The average Bonchev–Trinajstić information content (AvgIpc) is 3.18. The Labute approximate surface area is 341 Å². The van der Waals surface area contributed by atoms with Gasteiger partial charge in [-0.3, -0.25) is 19.3 Å². The maximum Gasteiger partial charge on any atom is 0.305 e. The molecule has 0 aromatic rings. The SMILES string of the molecule is CCCCCCCCCCCCCC(=O)OCCN(CCOC(=O)CCCCCCCCCCCCC)CCOC(=O)CCCCCCCCCCCCC. The zero-order valence-corrected chi connectivity index (χ0v) is 37.1. The van der Waals surface area contributed by atoms with Crippen LogP contribution in [0, 0.1) is 0 Å². The van der Waals surface area contributed by atoms with Gasteiger partial charge in [-0.05, 0) is 19.3 Å². The van der Waals surface area contributed by atoms with Gasteiger partial charge in [0.15, 0.2) is 0 Å². The van der Waals surface area contributed by atoms with Crippen molar-refractivity contribution < 1.29 is 28.6 Å². The molecule has 0 aromatic carbocycles. The molecule has 0 rings (SSSR count). The smallest absolute Gasteiger partial charge is 0.305 e. The van der Waals surface area contributed by atoms with Gasteiger partial charge >= 0.3 is 17.9 Å². The van der Waals surface area contributed by atoms with Crippen LogP contribution in [-0.4, -0.2) is 62.3 Å². The molecule has 0 heterocycles. The highest BCUT2D eigenvalue weighted by Crippen LogP contribution is 2.15. The van der Waals surface area contributed by atoms with E-state index >= 15 is 0 Å². The van der Waals surface area contributed by atoms with E-state index in [1.54, 1.807) is 0 Å². The van der Waals surface area contributed by atoms with Crippen molar-refractivity contribution in [3.8, 4) is 0 Å². The topological polar surface area (TPSA) is 82.1 Å². The first kappa shape index (κ1) is 53.4. The Morgan fingerprint density at radius 1 is 0.291 bits per heavy atom. The molecule has 7 nitrogen and oxygen atoms in total. The molecule has 0 radical (unpaired) electrons. The highest BCUT2D eigenvalue weighted by molar-refractivity contribution is 5.69. The highest BCUT2D eigenvalue weighted by atomic mass is 16.5. The molecule has 7 heteroatoms. The normalized spacial score (nSPS) is 11.3. The van der Waals surface area contributed by atoms with Gasteiger partial charge in [-0.2, -0.15) is 0 Å². The van der Waals surface area contributed by atoms with Crippen molar-refractivity contribution in [2.75, 3.05) is 39.5 Å². The third-order valence-electron chi connectivity index (χ3n) is 11.0. The number of carbonyl (C=O) groups is 3. The fourth-order valence-electron chi connectivity index (χ4n) is 7.22. The number of ether oxygens (including phenoxy) is 3. The summed E-state index contributed by atoms with van der Waals surface area (Å²) < 4.78 is 16.7. The van der Waals surface area contributed by atoms with Crippen molar-refractivity contribution in [1.29, 1.82) is 0 Å². The molecular formula is C48H93NO6. The second-order valence-corrected chi connectivity index (χ2v) is 16.4. The van der Waals surface area contributed by atoms with Crippen LogP contribution in [-0.2, 0) is 28.6 Å². The Morgan fingerprint density at radius 2 is 0.473 bits per heavy atom. The van der Waals surface area contributed by atoms with Crippen molar-refractivity contribution in [1.82, 2.24) is 4.90 Å². The minimum Gasteiger partial charge on any atom is -0.464 e. The van der Waals surface area contributed by atoms with Crippen LogP contribution in [0.3, 0.4) is 0 Å². The predicted molar refractivity (Wildman–Crippen MR) is 233 cm³/mol. The van der Waals surface area contributed by atoms with E-state index in [1.807, 2.05) is 0 Å². The predicted octanol–water partition coefficient (Wildman–Crippen LogP) is 14.0. The van der Waals surface area contributed by atoms with Gasteiger partial charge < -0.3 is 14.2 Å². The summed E-state index contributed by atoms with van der Waals surface area (Å²) in [5.74, 6) is -0.437. The molecule has 0 aliphatic rings. The molecule has 55 heavy (non-hydrogen) atoms. The second-order valence-electron chi connectivity index (χ2n) is 16.4. The van der Waals surface area contributed by atoms with E-state index in [9.17, 15) is 14.4 Å². The standard InChI is InChI=1S/C48H93NO6/c1-4-7-10-13-16-19-22-25-28-31-34-37-46(50)53-43-40-49(41-44-54-47(51)38-35-32-29-26-23-20-17-14-11-8-5-2)42-45-55-48(52)39-36-33-30-27-24-21-18-15-12-9-6-3/h4-45H2,1-3H3. The molecule has 0 amide bonds. The van der Waals surface area contributed by atoms with Gasteiger partial charge in [0.25, 0.3) is 0 Å². The first-order valence-electron chi connectivity index (χ1n) is 24.2. The van der Waals surface area contributed by atoms with Crippen LogP contribution >= 0.6 is 0 Å². The Morgan fingerprint density at radius 3 is 0.673 bits per heavy atom. The molecule has 326 valence electrons. The lowest BCUT2D eigenvalue weighted by atomic mass is 10.1. The zero-order chi connectivity index (χ0) is 40.1. The fraction of sp³-hybridized carbons (Fsp3) is 0.938. The molecule has 0 unspecified atom stereocenters. The van der Waals surface area contributed by atoms with Gasteiger partial charge in [-0.1, -0.05) is 213 Å². The summed E-state index contributed by atoms with van der Waals surface area (Å²) in [5, 5.41) is 0. The number of unbranched alkanes of at least 4 members (excludes halogenated alkanes) is 30. The van der Waals surface area contributed by atoms with Crippen LogP contribution in [0.1, 0.15) is 252 Å². The maximum absolute atomic E-state index is 12.4. The third-order valence-corrected chi connectivity index (χ3v) is 11.0. The molecule has 0 fully saturated rings. The quantitative estimate of drug-likeness (QED) is 0.0346. The molecule has 0 saturated heterocycles. The number of esters is 3.